The fourth-order valence-corrected chi connectivity index (χ4v) is 1.48. The van der Waals surface area contributed by atoms with Gasteiger partial charge in [0, 0.05) is 5.41 Å². The molecule has 0 aliphatic rings. The highest BCUT2D eigenvalue weighted by molar-refractivity contribution is 5.99. The number of aryl methyl sites for hydroxylation is 1. The van der Waals surface area contributed by atoms with Crippen molar-refractivity contribution >= 4 is 11.8 Å². The predicted molar refractivity (Wildman–Crippen MR) is 68.7 cm³/mol. The quantitative estimate of drug-likeness (QED) is 0.610. The van der Waals surface area contributed by atoms with Crippen LogP contribution in [0.25, 0.3) is 0 Å². The predicted octanol–water partition coefficient (Wildman–Crippen LogP) is 2.80. The third-order valence-electron chi connectivity index (χ3n) is 2.37. The molecule has 4 heteroatoms. The molecule has 0 fully saturated rings. The van der Waals surface area contributed by atoms with Gasteiger partial charge in [-0.2, -0.15) is 0 Å². The van der Waals surface area contributed by atoms with Crippen molar-refractivity contribution in [3.8, 4) is 0 Å². The molecule has 0 N–H and O–H groups in total. The number of pyridine rings is 1. The Morgan fingerprint density at radius 2 is 1.78 bits per heavy atom. The van der Waals surface area contributed by atoms with Gasteiger partial charge in [-0.05, 0) is 31.5 Å². The maximum atomic E-state index is 12.1. The lowest BCUT2D eigenvalue weighted by molar-refractivity contribution is 0.0519. The third kappa shape index (κ3) is 3.39. The van der Waals surface area contributed by atoms with Crippen LogP contribution in [0.2, 0.25) is 0 Å². The van der Waals surface area contributed by atoms with Crippen LogP contribution >= 0.6 is 0 Å². The van der Waals surface area contributed by atoms with Crippen LogP contribution in [0, 0.1) is 12.3 Å². The van der Waals surface area contributed by atoms with E-state index in [-0.39, 0.29) is 18.1 Å². The van der Waals surface area contributed by atoms with Crippen molar-refractivity contribution < 1.29 is 14.3 Å². The van der Waals surface area contributed by atoms with Gasteiger partial charge in [0.25, 0.3) is 0 Å². The van der Waals surface area contributed by atoms with E-state index in [0.29, 0.717) is 5.69 Å². The Morgan fingerprint density at radius 1 is 1.22 bits per heavy atom. The molecule has 4 nitrogen and oxygen atoms in total. The normalized spacial score (nSPS) is 11.2. The largest absolute Gasteiger partial charge is 0.461 e. The van der Waals surface area contributed by atoms with Crippen molar-refractivity contribution in [2.75, 3.05) is 6.61 Å². The summed E-state index contributed by atoms with van der Waals surface area (Å²) < 4.78 is 4.89. The maximum absolute atomic E-state index is 12.1. The number of ketones is 1. The number of Topliss-reactive ketones (excluding diaryl/α,β-unsaturated/α-hetero) is 1. The first-order valence-electron chi connectivity index (χ1n) is 5.96. The second kappa shape index (κ2) is 5.29. The molecular weight excluding hydrogens is 230 g/mol. The summed E-state index contributed by atoms with van der Waals surface area (Å²) >= 11 is 0. The van der Waals surface area contributed by atoms with E-state index in [1.165, 1.54) is 0 Å². The Hall–Kier alpha value is -1.71. The van der Waals surface area contributed by atoms with E-state index in [2.05, 4.69) is 4.98 Å². The van der Waals surface area contributed by atoms with Crippen molar-refractivity contribution in [1.82, 2.24) is 4.98 Å². The Labute approximate surface area is 107 Å². The summed E-state index contributed by atoms with van der Waals surface area (Å²) in [6, 6.07) is 3.31. The van der Waals surface area contributed by atoms with E-state index >= 15 is 0 Å². The number of esters is 1. The zero-order chi connectivity index (χ0) is 13.9. The molecule has 0 amide bonds. The number of carbonyl (C=O) groups excluding carboxylic acids is 2. The lowest BCUT2D eigenvalue weighted by Gasteiger charge is -2.16. The van der Waals surface area contributed by atoms with Gasteiger partial charge >= 0.3 is 5.97 Å². The van der Waals surface area contributed by atoms with Crippen LogP contribution < -0.4 is 0 Å². The van der Waals surface area contributed by atoms with E-state index in [0.717, 1.165) is 5.56 Å². The van der Waals surface area contributed by atoms with Crippen molar-refractivity contribution in [2.45, 2.75) is 34.6 Å². The number of ether oxygens (including phenoxy) is 1. The van der Waals surface area contributed by atoms with E-state index in [1.54, 1.807) is 19.1 Å². The standard InChI is InChI=1S/C14H19NO3/c1-6-18-13(17)11-8-9(2)7-10(15-11)12(16)14(3,4)5/h7-8H,6H2,1-5H3. The number of aromatic nitrogens is 1. The minimum Gasteiger partial charge on any atom is -0.461 e. The van der Waals surface area contributed by atoms with Crippen LogP contribution in [0.4, 0.5) is 0 Å². The van der Waals surface area contributed by atoms with Crippen LogP contribution in [0.5, 0.6) is 0 Å². The SMILES string of the molecule is CCOC(=O)c1cc(C)cc(C(=O)C(C)(C)C)n1. The molecule has 0 atom stereocenters. The molecule has 98 valence electrons. The van der Waals surface area contributed by atoms with Crippen molar-refractivity contribution in [1.29, 1.82) is 0 Å². The van der Waals surface area contributed by atoms with Gasteiger partial charge in [-0.1, -0.05) is 20.8 Å². The summed E-state index contributed by atoms with van der Waals surface area (Å²) in [7, 11) is 0. The monoisotopic (exact) mass is 249 g/mol. The van der Waals surface area contributed by atoms with Crippen LogP contribution in [0.15, 0.2) is 12.1 Å². The molecule has 0 spiro atoms. The van der Waals surface area contributed by atoms with Gasteiger partial charge in [0.2, 0.25) is 0 Å². The van der Waals surface area contributed by atoms with Crippen LogP contribution in [-0.2, 0) is 4.74 Å². The average Bonchev–Trinajstić information content (AvgIpc) is 2.26. The maximum Gasteiger partial charge on any atom is 0.356 e. The molecule has 1 heterocycles. The number of nitrogens with zero attached hydrogens (tertiary/aromatic N) is 1. The topological polar surface area (TPSA) is 56.3 Å². The Bertz CT molecular complexity index is 472. The highest BCUT2D eigenvalue weighted by Crippen LogP contribution is 2.20. The van der Waals surface area contributed by atoms with Crippen LogP contribution in [0.3, 0.4) is 0 Å². The molecule has 0 bridgehead atoms. The molecule has 0 radical (unpaired) electrons. The molecule has 0 aliphatic heterocycles. The Kier molecular flexibility index (Phi) is 4.22. The van der Waals surface area contributed by atoms with E-state index in [9.17, 15) is 9.59 Å². The van der Waals surface area contributed by atoms with Crippen molar-refractivity contribution in [2.24, 2.45) is 5.41 Å². The summed E-state index contributed by atoms with van der Waals surface area (Å²) in [5.41, 5.74) is 0.794. The lowest BCUT2D eigenvalue weighted by atomic mass is 9.88. The zero-order valence-corrected chi connectivity index (χ0v) is 11.5. The average molecular weight is 249 g/mol. The van der Waals surface area contributed by atoms with Gasteiger partial charge in [-0.15, -0.1) is 0 Å². The molecule has 0 saturated carbocycles. The minimum absolute atomic E-state index is 0.0863. The summed E-state index contributed by atoms with van der Waals surface area (Å²) in [6.45, 7) is 9.31. The Balaban J connectivity index is 3.16. The summed E-state index contributed by atoms with van der Waals surface area (Å²) in [4.78, 5) is 27.9. The first-order valence-corrected chi connectivity index (χ1v) is 5.96. The smallest absolute Gasteiger partial charge is 0.356 e. The summed E-state index contributed by atoms with van der Waals surface area (Å²) in [5, 5.41) is 0. The zero-order valence-electron chi connectivity index (χ0n) is 11.5. The highest BCUT2D eigenvalue weighted by atomic mass is 16.5. The molecule has 1 aromatic heterocycles. The molecular formula is C14H19NO3. The molecule has 1 rings (SSSR count). The number of hydrogen-bond donors (Lipinski definition) is 0. The molecule has 18 heavy (non-hydrogen) atoms. The number of rotatable bonds is 3. The molecule has 0 saturated heterocycles. The van der Waals surface area contributed by atoms with Gasteiger partial charge < -0.3 is 4.74 Å². The molecule has 0 unspecified atom stereocenters. The highest BCUT2D eigenvalue weighted by Gasteiger charge is 2.25. The van der Waals surface area contributed by atoms with Gasteiger partial charge in [-0.3, -0.25) is 4.79 Å². The summed E-state index contributed by atoms with van der Waals surface area (Å²) in [5.74, 6) is -0.582. The van der Waals surface area contributed by atoms with Gasteiger partial charge in [-0.25, -0.2) is 9.78 Å². The lowest BCUT2D eigenvalue weighted by Crippen LogP contribution is -2.22. The first-order chi connectivity index (χ1) is 8.25. The van der Waals surface area contributed by atoms with Gasteiger partial charge in [0.1, 0.15) is 11.4 Å². The van der Waals surface area contributed by atoms with Crippen LogP contribution in [0.1, 0.15) is 54.2 Å². The second-order valence-corrected chi connectivity index (χ2v) is 5.21. The summed E-state index contributed by atoms with van der Waals surface area (Å²) in [6.07, 6.45) is 0. The van der Waals surface area contributed by atoms with Gasteiger partial charge in [0.15, 0.2) is 5.78 Å². The molecule has 0 aromatic carbocycles. The third-order valence-corrected chi connectivity index (χ3v) is 2.37. The van der Waals surface area contributed by atoms with E-state index < -0.39 is 11.4 Å². The molecule has 0 aliphatic carbocycles. The van der Waals surface area contributed by atoms with E-state index in [4.69, 9.17) is 4.74 Å². The number of hydrogen-bond acceptors (Lipinski definition) is 4. The molecule has 1 aromatic rings. The Morgan fingerprint density at radius 3 is 2.28 bits per heavy atom. The van der Waals surface area contributed by atoms with Crippen molar-refractivity contribution in [3.63, 3.8) is 0 Å². The fourth-order valence-electron chi connectivity index (χ4n) is 1.48. The van der Waals surface area contributed by atoms with Gasteiger partial charge in [0.05, 0.1) is 6.61 Å². The second-order valence-electron chi connectivity index (χ2n) is 5.21. The first kappa shape index (κ1) is 14.4. The minimum atomic E-state index is -0.521. The number of carbonyl (C=O) groups is 2. The fraction of sp³-hybridized carbons (Fsp3) is 0.500. The van der Waals surface area contributed by atoms with Crippen LogP contribution in [-0.4, -0.2) is 23.3 Å². The van der Waals surface area contributed by atoms with E-state index in [1.807, 2.05) is 27.7 Å². The van der Waals surface area contributed by atoms with Crippen molar-refractivity contribution in [3.05, 3.63) is 29.1 Å².